The first kappa shape index (κ1) is 15.7. The fourth-order valence-corrected chi connectivity index (χ4v) is 2.92. The quantitative estimate of drug-likeness (QED) is 0.655. The number of hydrogen-bond acceptors (Lipinski definition) is 9. The van der Waals surface area contributed by atoms with Crippen molar-refractivity contribution in [3.05, 3.63) is 42.1 Å². The van der Waals surface area contributed by atoms with Crippen LogP contribution in [0, 0.1) is 22.8 Å². The van der Waals surface area contributed by atoms with E-state index in [-0.39, 0.29) is 6.04 Å². The second-order valence-electron chi connectivity index (χ2n) is 5.78. The summed E-state index contributed by atoms with van der Waals surface area (Å²) in [6.07, 6.45) is 6.98. The van der Waals surface area contributed by atoms with Crippen LogP contribution >= 0.6 is 0 Å². The number of rotatable bonds is 3. The summed E-state index contributed by atoms with van der Waals surface area (Å²) < 4.78 is 5.36. The Morgan fingerprint density at radius 1 is 1.23 bits per heavy atom. The molecule has 0 aliphatic carbocycles. The van der Waals surface area contributed by atoms with Gasteiger partial charge in [0, 0.05) is 18.3 Å². The van der Waals surface area contributed by atoms with Gasteiger partial charge < -0.3 is 4.52 Å². The van der Waals surface area contributed by atoms with Crippen LogP contribution in [-0.2, 0) is 0 Å². The zero-order valence-electron chi connectivity index (χ0n) is 13.6. The Kier molecular flexibility index (Phi) is 3.96. The van der Waals surface area contributed by atoms with Gasteiger partial charge in [0.2, 0.25) is 0 Å². The topological polar surface area (TPSA) is 128 Å². The van der Waals surface area contributed by atoms with E-state index in [2.05, 4.69) is 31.5 Å². The van der Waals surface area contributed by atoms with Crippen LogP contribution in [0.5, 0.6) is 0 Å². The number of pyridine rings is 1. The van der Waals surface area contributed by atoms with E-state index in [9.17, 15) is 5.26 Å². The standard InChI is InChI=1S/C17H12N8O/c18-8-13-6-11(3-4-20-13)14-7-12(9-21-23-14)17-22-16(24-26-17)15-2-1-5-25(15)10-19/h3-4,6-7,9,15H,1-2,5H2. The molecule has 9 nitrogen and oxygen atoms in total. The Hall–Kier alpha value is -3.85. The molecule has 1 aliphatic heterocycles. The van der Waals surface area contributed by atoms with E-state index in [1.54, 1.807) is 29.3 Å². The molecule has 1 aliphatic rings. The lowest BCUT2D eigenvalue weighted by Crippen LogP contribution is -2.17. The minimum absolute atomic E-state index is 0.148. The van der Waals surface area contributed by atoms with E-state index in [0.717, 1.165) is 18.4 Å². The molecule has 0 saturated carbocycles. The molecule has 126 valence electrons. The molecule has 1 fully saturated rings. The average Bonchev–Trinajstić information content (AvgIpc) is 3.37. The van der Waals surface area contributed by atoms with E-state index < -0.39 is 0 Å². The smallest absolute Gasteiger partial charge is 0.259 e. The zero-order valence-corrected chi connectivity index (χ0v) is 13.6. The molecule has 3 aromatic rings. The number of likely N-dealkylation sites (tertiary alicyclic amines) is 1. The third kappa shape index (κ3) is 2.82. The molecule has 1 saturated heterocycles. The summed E-state index contributed by atoms with van der Waals surface area (Å²) in [6, 6.07) is 6.99. The number of hydrogen-bond donors (Lipinski definition) is 0. The molecule has 0 spiro atoms. The summed E-state index contributed by atoms with van der Waals surface area (Å²) >= 11 is 0. The van der Waals surface area contributed by atoms with Crippen molar-refractivity contribution in [1.29, 1.82) is 10.5 Å². The molecule has 1 atom stereocenters. The molecule has 0 amide bonds. The third-order valence-corrected chi connectivity index (χ3v) is 4.19. The number of aromatic nitrogens is 5. The fourth-order valence-electron chi connectivity index (χ4n) is 2.92. The Morgan fingerprint density at radius 2 is 2.15 bits per heavy atom. The molecule has 9 heteroatoms. The molecule has 0 N–H and O–H groups in total. The van der Waals surface area contributed by atoms with Crippen molar-refractivity contribution in [3.63, 3.8) is 0 Å². The number of nitriles is 2. The van der Waals surface area contributed by atoms with Crippen LogP contribution in [0.15, 0.2) is 35.1 Å². The lowest BCUT2D eigenvalue weighted by Gasteiger charge is -2.13. The van der Waals surface area contributed by atoms with Crippen molar-refractivity contribution in [2.45, 2.75) is 18.9 Å². The average molecular weight is 344 g/mol. The first-order chi connectivity index (χ1) is 12.8. The summed E-state index contributed by atoms with van der Waals surface area (Å²) in [6.45, 7) is 0.704. The van der Waals surface area contributed by atoms with Gasteiger partial charge in [0.05, 0.1) is 17.5 Å². The highest BCUT2D eigenvalue weighted by molar-refractivity contribution is 5.65. The predicted octanol–water partition coefficient (Wildman–Crippen LogP) is 2.08. The van der Waals surface area contributed by atoms with Crippen LogP contribution in [0.1, 0.15) is 30.4 Å². The molecule has 4 heterocycles. The second-order valence-corrected chi connectivity index (χ2v) is 5.78. The summed E-state index contributed by atoms with van der Waals surface area (Å²) in [5.41, 5.74) is 2.20. The molecule has 0 aromatic carbocycles. The Morgan fingerprint density at radius 3 is 3.00 bits per heavy atom. The monoisotopic (exact) mass is 344 g/mol. The van der Waals surface area contributed by atoms with Crippen molar-refractivity contribution < 1.29 is 4.52 Å². The molecule has 26 heavy (non-hydrogen) atoms. The van der Waals surface area contributed by atoms with Gasteiger partial charge in [-0.25, -0.2) is 4.98 Å². The van der Waals surface area contributed by atoms with Crippen molar-refractivity contribution in [2.75, 3.05) is 6.54 Å². The van der Waals surface area contributed by atoms with Crippen LogP contribution in [-0.4, -0.2) is 36.8 Å². The van der Waals surface area contributed by atoms with Gasteiger partial charge in [-0.1, -0.05) is 5.16 Å². The minimum atomic E-state index is -0.148. The Labute approximate surface area is 148 Å². The van der Waals surface area contributed by atoms with Gasteiger partial charge >= 0.3 is 0 Å². The molecule has 0 bridgehead atoms. The van der Waals surface area contributed by atoms with Crippen LogP contribution in [0.3, 0.4) is 0 Å². The molecule has 4 rings (SSSR count). The second kappa shape index (κ2) is 6.57. The Bertz CT molecular complexity index is 1030. The zero-order chi connectivity index (χ0) is 17.9. The van der Waals surface area contributed by atoms with Crippen molar-refractivity contribution in [1.82, 2.24) is 30.2 Å². The van der Waals surface area contributed by atoms with Gasteiger partial charge in [0.1, 0.15) is 17.8 Å². The third-order valence-electron chi connectivity index (χ3n) is 4.19. The summed E-state index contributed by atoms with van der Waals surface area (Å²) in [7, 11) is 0. The molecular weight excluding hydrogens is 332 g/mol. The van der Waals surface area contributed by atoms with E-state index in [0.29, 0.717) is 35.2 Å². The van der Waals surface area contributed by atoms with Gasteiger partial charge in [-0.05, 0) is 31.0 Å². The van der Waals surface area contributed by atoms with Gasteiger partial charge in [0.15, 0.2) is 12.0 Å². The van der Waals surface area contributed by atoms with Crippen molar-refractivity contribution in [3.8, 4) is 35.0 Å². The summed E-state index contributed by atoms with van der Waals surface area (Å²) in [5.74, 6) is 0.809. The predicted molar refractivity (Wildman–Crippen MR) is 87.6 cm³/mol. The van der Waals surface area contributed by atoms with Gasteiger partial charge in [-0.15, -0.1) is 0 Å². The largest absolute Gasteiger partial charge is 0.334 e. The molecule has 1 unspecified atom stereocenters. The summed E-state index contributed by atoms with van der Waals surface area (Å²) in [5, 5.41) is 30.3. The van der Waals surface area contributed by atoms with Gasteiger partial charge in [-0.3, -0.25) is 4.90 Å². The fraction of sp³-hybridized carbons (Fsp3) is 0.235. The van der Waals surface area contributed by atoms with Crippen LogP contribution < -0.4 is 0 Å². The highest BCUT2D eigenvalue weighted by atomic mass is 16.5. The van der Waals surface area contributed by atoms with Crippen molar-refractivity contribution in [2.24, 2.45) is 0 Å². The van der Waals surface area contributed by atoms with Crippen LogP contribution in [0.25, 0.3) is 22.7 Å². The van der Waals surface area contributed by atoms with Gasteiger partial charge in [-0.2, -0.15) is 25.7 Å². The normalized spacial score (nSPS) is 16.2. The van der Waals surface area contributed by atoms with E-state index >= 15 is 0 Å². The first-order valence-corrected chi connectivity index (χ1v) is 7.98. The van der Waals surface area contributed by atoms with Gasteiger partial charge in [0.25, 0.3) is 5.89 Å². The highest BCUT2D eigenvalue weighted by Crippen LogP contribution is 2.31. The lowest BCUT2D eigenvalue weighted by molar-refractivity contribution is 0.339. The SMILES string of the molecule is N#Cc1cc(-c2cc(-c3nc(C4CCCN4C#N)no3)cnn2)ccn1. The minimum Gasteiger partial charge on any atom is -0.334 e. The first-order valence-electron chi connectivity index (χ1n) is 7.98. The molecule has 0 radical (unpaired) electrons. The van der Waals surface area contributed by atoms with Crippen molar-refractivity contribution >= 4 is 0 Å². The van der Waals surface area contributed by atoms with E-state index in [4.69, 9.17) is 9.78 Å². The van der Waals surface area contributed by atoms with E-state index in [1.165, 1.54) is 6.20 Å². The highest BCUT2D eigenvalue weighted by Gasteiger charge is 2.29. The maximum atomic E-state index is 9.17. The van der Waals surface area contributed by atoms with Crippen LogP contribution in [0.2, 0.25) is 0 Å². The maximum absolute atomic E-state index is 9.17. The molecule has 3 aromatic heterocycles. The van der Waals surface area contributed by atoms with Crippen LogP contribution in [0.4, 0.5) is 0 Å². The lowest BCUT2D eigenvalue weighted by atomic mass is 10.1. The molecular formula is C17H12N8O. The maximum Gasteiger partial charge on any atom is 0.259 e. The van der Waals surface area contributed by atoms with E-state index in [1.807, 2.05) is 6.07 Å². The summed E-state index contributed by atoms with van der Waals surface area (Å²) in [4.78, 5) is 10.0. The Balaban J connectivity index is 1.65. The number of nitrogens with zero attached hydrogens (tertiary/aromatic N) is 8.